The summed E-state index contributed by atoms with van der Waals surface area (Å²) in [5.74, 6) is 7.96. The van der Waals surface area contributed by atoms with E-state index < -0.39 is 0 Å². The molecule has 1 aliphatic rings. The largest absolute Gasteiger partial charge is 0.206 e. The molecule has 0 radical (unpaired) electrons. The Kier molecular flexibility index (Phi) is 6.88. The first-order valence-electron chi connectivity index (χ1n) is 11.6. The first kappa shape index (κ1) is 21.4. The smallest absolute Gasteiger partial charge is 0.133 e. The van der Waals surface area contributed by atoms with E-state index in [1.54, 1.807) is 6.92 Å². The fourth-order valence-electron chi connectivity index (χ4n) is 4.74. The minimum atomic E-state index is -0.139. The first-order chi connectivity index (χ1) is 15.1. The number of allylic oxidation sites excluding steroid dienone is 2. The molecular formula is C30H31F. The summed E-state index contributed by atoms with van der Waals surface area (Å²) in [7, 11) is 0. The van der Waals surface area contributed by atoms with Crippen molar-refractivity contribution in [1.82, 2.24) is 0 Å². The van der Waals surface area contributed by atoms with Gasteiger partial charge in [0.25, 0.3) is 0 Å². The Bertz CT molecular complexity index is 1120. The van der Waals surface area contributed by atoms with Gasteiger partial charge in [0, 0.05) is 16.5 Å². The monoisotopic (exact) mass is 410 g/mol. The summed E-state index contributed by atoms with van der Waals surface area (Å²) in [6, 6.07) is 18.3. The zero-order chi connectivity index (χ0) is 21.6. The van der Waals surface area contributed by atoms with E-state index in [1.165, 1.54) is 44.1 Å². The van der Waals surface area contributed by atoms with Crippen LogP contribution in [0, 0.1) is 30.5 Å². The van der Waals surface area contributed by atoms with Gasteiger partial charge in [0.15, 0.2) is 0 Å². The fraction of sp³-hybridized carbons (Fsp3) is 0.333. The van der Waals surface area contributed by atoms with Crippen molar-refractivity contribution < 1.29 is 4.39 Å². The zero-order valence-electron chi connectivity index (χ0n) is 18.6. The highest BCUT2D eigenvalue weighted by Gasteiger charge is 2.21. The molecule has 158 valence electrons. The summed E-state index contributed by atoms with van der Waals surface area (Å²) in [6.07, 6.45) is 12.3. The van der Waals surface area contributed by atoms with E-state index in [4.69, 9.17) is 0 Å². The van der Waals surface area contributed by atoms with Gasteiger partial charge < -0.3 is 0 Å². The van der Waals surface area contributed by atoms with E-state index in [9.17, 15) is 4.39 Å². The van der Waals surface area contributed by atoms with Crippen molar-refractivity contribution >= 4 is 10.8 Å². The van der Waals surface area contributed by atoms with Crippen molar-refractivity contribution in [1.29, 1.82) is 0 Å². The molecule has 0 saturated heterocycles. The minimum Gasteiger partial charge on any atom is -0.206 e. The van der Waals surface area contributed by atoms with Gasteiger partial charge in [0.05, 0.1) is 0 Å². The van der Waals surface area contributed by atoms with Crippen LogP contribution in [-0.2, 0) is 0 Å². The molecule has 0 nitrogen and oxygen atoms in total. The predicted octanol–water partition coefficient (Wildman–Crippen LogP) is 8.32. The van der Waals surface area contributed by atoms with Crippen LogP contribution in [0.4, 0.5) is 4.39 Å². The molecular weight excluding hydrogens is 379 g/mol. The number of fused-ring (bicyclic) bond motifs is 1. The third-order valence-electron chi connectivity index (χ3n) is 6.70. The SMILES string of the molecule is C/C=C/CCC1CCC(c2ccc(C#Cc3ccc4c(F)c(C)ccc4c3)cc2)CC1. The Labute approximate surface area is 186 Å². The third-order valence-corrected chi connectivity index (χ3v) is 6.70. The van der Waals surface area contributed by atoms with Gasteiger partial charge in [-0.15, -0.1) is 0 Å². The molecule has 1 saturated carbocycles. The van der Waals surface area contributed by atoms with Crippen LogP contribution in [0.3, 0.4) is 0 Å². The summed E-state index contributed by atoms with van der Waals surface area (Å²) >= 11 is 0. The van der Waals surface area contributed by atoms with Crippen LogP contribution in [0.25, 0.3) is 10.8 Å². The lowest BCUT2D eigenvalue weighted by atomic mass is 9.77. The van der Waals surface area contributed by atoms with E-state index >= 15 is 0 Å². The van der Waals surface area contributed by atoms with Crippen LogP contribution in [0.5, 0.6) is 0 Å². The van der Waals surface area contributed by atoms with Crippen LogP contribution in [0.1, 0.15) is 73.6 Å². The molecule has 0 aliphatic heterocycles. The molecule has 0 heterocycles. The molecule has 3 aromatic rings. The maximum absolute atomic E-state index is 14.2. The normalized spacial score (nSPS) is 18.8. The van der Waals surface area contributed by atoms with Gasteiger partial charge in [-0.2, -0.15) is 0 Å². The van der Waals surface area contributed by atoms with Crippen molar-refractivity contribution in [3.05, 3.63) is 94.8 Å². The Morgan fingerprint density at radius 3 is 2.35 bits per heavy atom. The molecule has 0 aromatic heterocycles. The molecule has 0 spiro atoms. The Hall–Kier alpha value is -2.85. The van der Waals surface area contributed by atoms with Crippen molar-refractivity contribution in [3.63, 3.8) is 0 Å². The summed E-state index contributed by atoms with van der Waals surface area (Å²) in [5, 5.41) is 1.55. The minimum absolute atomic E-state index is 0.139. The fourth-order valence-corrected chi connectivity index (χ4v) is 4.74. The van der Waals surface area contributed by atoms with Crippen molar-refractivity contribution in [2.24, 2.45) is 5.92 Å². The maximum Gasteiger partial charge on any atom is 0.133 e. The van der Waals surface area contributed by atoms with Crippen molar-refractivity contribution in [2.45, 2.75) is 58.3 Å². The van der Waals surface area contributed by atoms with Gasteiger partial charge in [0.2, 0.25) is 0 Å². The maximum atomic E-state index is 14.2. The van der Waals surface area contributed by atoms with Crippen LogP contribution in [0.2, 0.25) is 0 Å². The molecule has 0 N–H and O–H groups in total. The summed E-state index contributed by atoms with van der Waals surface area (Å²) in [5.41, 5.74) is 4.07. The van der Waals surface area contributed by atoms with Gasteiger partial charge in [-0.05, 0) is 105 Å². The number of aryl methyl sites for hydroxylation is 1. The number of hydrogen-bond donors (Lipinski definition) is 0. The third kappa shape index (κ3) is 5.26. The first-order valence-corrected chi connectivity index (χ1v) is 11.6. The van der Waals surface area contributed by atoms with E-state index in [-0.39, 0.29) is 5.82 Å². The van der Waals surface area contributed by atoms with E-state index in [2.05, 4.69) is 55.2 Å². The average Bonchev–Trinajstić information content (AvgIpc) is 2.81. The van der Waals surface area contributed by atoms with Gasteiger partial charge in [-0.1, -0.05) is 54.3 Å². The number of hydrogen-bond acceptors (Lipinski definition) is 0. The average molecular weight is 411 g/mol. The predicted molar refractivity (Wildman–Crippen MR) is 130 cm³/mol. The molecule has 0 amide bonds. The van der Waals surface area contributed by atoms with Crippen molar-refractivity contribution in [2.75, 3.05) is 0 Å². The van der Waals surface area contributed by atoms with Gasteiger partial charge in [-0.3, -0.25) is 0 Å². The molecule has 0 bridgehead atoms. The van der Waals surface area contributed by atoms with Crippen LogP contribution in [-0.4, -0.2) is 0 Å². The van der Waals surface area contributed by atoms with Crippen LogP contribution >= 0.6 is 0 Å². The molecule has 3 aromatic carbocycles. The second-order valence-electron chi connectivity index (χ2n) is 8.87. The van der Waals surface area contributed by atoms with Crippen LogP contribution < -0.4 is 0 Å². The van der Waals surface area contributed by atoms with Crippen LogP contribution in [0.15, 0.2) is 66.7 Å². The highest BCUT2D eigenvalue weighted by molar-refractivity contribution is 5.85. The van der Waals surface area contributed by atoms with E-state index in [0.717, 1.165) is 22.4 Å². The van der Waals surface area contributed by atoms with E-state index in [1.807, 2.05) is 30.3 Å². The van der Waals surface area contributed by atoms with Gasteiger partial charge in [0.1, 0.15) is 5.82 Å². The molecule has 0 atom stereocenters. The van der Waals surface area contributed by atoms with Gasteiger partial charge in [-0.25, -0.2) is 4.39 Å². The summed E-state index contributed by atoms with van der Waals surface area (Å²) in [4.78, 5) is 0. The second-order valence-corrected chi connectivity index (χ2v) is 8.87. The lowest BCUT2D eigenvalue weighted by Crippen LogP contribution is -2.13. The topological polar surface area (TPSA) is 0 Å². The van der Waals surface area contributed by atoms with Gasteiger partial charge >= 0.3 is 0 Å². The summed E-state index contributed by atoms with van der Waals surface area (Å²) in [6.45, 7) is 3.90. The molecule has 31 heavy (non-hydrogen) atoms. The number of benzene rings is 3. The molecule has 1 fully saturated rings. The second kappa shape index (κ2) is 9.97. The van der Waals surface area contributed by atoms with Crippen molar-refractivity contribution in [3.8, 4) is 11.8 Å². The molecule has 4 rings (SSSR count). The number of halogens is 1. The Morgan fingerprint density at radius 2 is 1.61 bits per heavy atom. The highest BCUT2D eigenvalue weighted by Crippen LogP contribution is 2.37. The molecule has 1 heteroatoms. The zero-order valence-corrected chi connectivity index (χ0v) is 18.6. The quantitative estimate of drug-likeness (QED) is 0.300. The Balaban J connectivity index is 1.39. The summed E-state index contributed by atoms with van der Waals surface area (Å²) < 4.78 is 14.2. The number of rotatable bonds is 4. The van der Waals surface area contributed by atoms with E-state index in [0.29, 0.717) is 16.9 Å². The standard InChI is InChI=1S/C30H31F/c1-3-4-5-6-23-10-16-26(17-11-23)27-18-12-24(13-19-27)8-9-25-14-20-29-28(21-25)15-7-22(2)30(29)31/h3-4,7,12-15,18-21,23,26H,5-6,10-11,16-17H2,1-2H3/b4-3+. The molecule has 0 unspecified atom stereocenters. The lowest BCUT2D eigenvalue weighted by molar-refractivity contribution is 0.312. The lowest BCUT2D eigenvalue weighted by Gasteiger charge is -2.28. The molecule has 1 aliphatic carbocycles. The highest BCUT2D eigenvalue weighted by atomic mass is 19.1. The Morgan fingerprint density at radius 1 is 0.903 bits per heavy atom.